The maximum absolute atomic E-state index is 5.50. The van der Waals surface area contributed by atoms with E-state index in [4.69, 9.17) is 9.15 Å². The zero-order valence-corrected chi connectivity index (χ0v) is 13.3. The van der Waals surface area contributed by atoms with Gasteiger partial charge in [-0.2, -0.15) is 0 Å². The lowest BCUT2D eigenvalue weighted by Gasteiger charge is -2.09. The highest BCUT2D eigenvalue weighted by Gasteiger charge is 2.14. The van der Waals surface area contributed by atoms with Crippen molar-refractivity contribution in [3.8, 4) is 28.7 Å². The second-order valence-electron chi connectivity index (χ2n) is 5.84. The molecule has 1 aliphatic heterocycles. The lowest BCUT2D eigenvalue weighted by atomic mass is 10.1. The fourth-order valence-corrected chi connectivity index (χ4v) is 3.01. The highest BCUT2D eigenvalue weighted by atomic mass is 16.5. The summed E-state index contributed by atoms with van der Waals surface area (Å²) in [5, 5.41) is 0. The lowest BCUT2D eigenvalue weighted by molar-refractivity contribution is 0.134. The highest BCUT2D eigenvalue weighted by Crippen LogP contribution is 2.26. The first-order valence-corrected chi connectivity index (χ1v) is 7.98. The average molecular weight is 330 g/mol. The molecule has 0 N–H and O–H groups in total. The summed E-state index contributed by atoms with van der Waals surface area (Å²) in [6.07, 6.45) is 8.85. The van der Waals surface area contributed by atoms with Crippen LogP contribution in [0.4, 0.5) is 0 Å². The summed E-state index contributed by atoms with van der Waals surface area (Å²) in [4.78, 5) is 13.3. The topological polar surface area (TPSA) is 66.0 Å². The third kappa shape index (κ3) is 2.43. The Morgan fingerprint density at radius 2 is 1.84 bits per heavy atom. The number of benzene rings is 1. The normalized spacial score (nSPS) is 13.1. The molecule has 0 aliphatic carbocycles. The van der Waals surface area contributed by atoms with Crippen molar-refractivity contribution in [1.82, 2.24) is 19.5 Å². The maximum Gasteiger partial charge on any atom is 0.195 e. The summed E-state index contributed by atoms with van der Waals surface area (Å²) in [6.45, 7) is 1.35. The van der Waals surface area contributed by atoms with Crippen molar-refractivity contribution >= 4 is 0 Å². The lowest BCUT2D eigenvalue weighted by Crippen LogP contribution is -1.99. The third-order valence-corrected chi connectivity index (χ3v) is 4.28. The van der Waals surface area contributed by atoms with Crippen LogP contribution in [0.1, 0.15) is 11.1 Å². The first kappa shape index (κ1) is 14.1. The van der Waals surface area contributed by atoms with Crippen LogP contribution in [0.3, 0.4) is 0 Å². The molecule has 0 unspecified atom stereocenters. The van der Waals surface area contributed by atoms with Crippen LogP contribution in [0.2, 0.25) is 0 Å². The molecule has 6 nitrogen and oxygen atoms in total. The number of aromatic nitrogens is 4. The Hall–Kier alpha value is -3.25. The standard InChI is InChI=1S/C19H14N4O2/c1-2-17(25-7-1)18-21-9-15(10-22-18)19-20-5-6-23(19)16-4-3-13-11-24-12-14(13)8-16/h1-10H,11-12H2. The van der Waals surface area contributed by atoms with Gasteiger partial charge in [-0.3, -0.25) is 4.57 Å². The Labute approximate surface area is 143 Å². The molecular formula is C19H14N4O2. The second kappa shape index (κ2) is 5.68. The number of rotatable bonds is 3. The fraction of sp³-hybridized carbons (Fsp3) is 0.105. The Morgan fingerprint density at radius 3 is 2.68 bits per heavy atom. The zero-order valence-electron chi connectivity index (χ0n) is 13.3. The minimum atomic E-state index is 0.557. The Bertz CT molecular complexity index is 1020. The van der Waals surface area contributed by atoms with Gasteiger partial charge in [0.05, 0.1) is 25.0 Å². The molecule has 25 heavy (non-hydrogen) atoms. The zero-order chi connectivity index (χ0) is 16.6. The number of hydrogen-bond acceptors (Lipinski definition) is 5. The first-order valence-electron chi connectivity index (χ1n) is 7.98. The van der Waals surface area contributed by atoms with Crippen molar-refractivity contribution in [2.24, 2.45) is 0 Å². The number of hydrogen-bond donors (Lipinski definition) is 0. The van der Waals surface area contributed by atoms with Crippen molar-refractivity contribution in [2.45, 2.75) is 13.2 Å². The van der Waals surface area contributed by atoms with E-state index in [1.54, 1.807) is 24.9 Å². The molecule has 0 atom stereocenters. The van der Waals surface area contributed by atoms with Crippen LogP contribution in [0, 0.1) is 0 Å². The van der Waals surface area contributed by atoms with E-state index in [1.807, 2.05) is 22.9 Å². The summed E-state index contributed by atoms with van der Waals surface area (Å²) in [5.41, 5.74) is 4.36. The number of imidazole rings is 1. The van der Waals surface area contributed by atoms with Crippen LogP contribution in [0.15, 0.2) is 65.8 Å². The molecule has 122 valence electrons. The van der Waals surface area contributed by atoms with Crippen molar-refractivity contribution in [3.05, 3.63) is 72.5 Å². The average Bonchev–Trinajstić information content (AvgIpc) is 3.42. The smallest absolute Gasteiger partial charge is 0.195 e. The van der Waals surface area contributed by atoms with Gasteiger partial charge in [0.25, 0.3) is 0 Å². The van der Waals surface area contributed by atoms with Gasteiger partial charge in [0.2, 0.25) is 0 Å². The summed E-state index contributed by atoms with van der Waals surface area (Å²) < 4.78 is 12.9. The minimum absolute atomic E-state index is 0.557. The van der Waals surface area contributed by atoms with Gasteiger partial charge in [-0.1, -0.05) is 6.07 Å². The largest absolute Gasteiger partial charge is 0.461 e. The molecule has 0 fully saturated rings. The molecule has 4 heterocycles. The van der Waals surface area contributed by atoms with Gasteiger partial charge in [-0.15, -0.1) is 0 Å². The van der Waals surface area contributed by atoms with Gasteiger partial charge in [-0.25, -0.2) is 15.0 Å². The van der Waals surface area contributed by atoms with Gasteiger partial charge in [0, 0.05) is 30.5 Å². The van der Waals surface area contributed by atoms with Crippen LogP contribution in [-0.2, 0) is 18.0 Å². The molecule has 3 aromatic heterocycles. The quantitative estimate of drug-likeness (QED) is 0.574. The fourth-order valence-electron chi connectivity index (χ4n) is 3.01. The molecule has 0 saturated carbocycles. The summed E-state index contributed by atoms with van der Waals surface area (Å²) in [7, 11) is 0. The van der Waals surface area contributed by atoms with Gasteiger partial charge in [0.15, 0.2) is 11.6 Å². The number of furan rings is 1. The minimum Gasteiger partial charge on any atom is -0.461 e. The van der Waals surface area contributed by atoms with Crippen LogP contribution in [-0.4, -0.2) is 19.5 Å². The molecule has 4 aromatic rings. The van der Waals surface area contributed by atoms with E-state index in [1.165, 1.54) is 11.1 Å². The van der Waals surface area contributed by atoms with Crippen molar-refractivity contribution in [2.75, 3.05) is 0 Å². The predicted molar refractivity (Wildman–Crippen MR) is 90.8 cm³/mol. The Morgan fingerprint density at radius 1 is 0.960 bits per heavy atom. The van der Waals surface area contributed by atoms with Crippen molar-refractivity contribution in [3.63, 3.8) is 0 Å². The van der Waals surface area contributed by atoms with Gasteiger partial charge >= 0.3 is 0 Å². The molecule has 1 aromatic carbocycles. The van der Waals surface area contributed by atoms with E-state index < -0.39 is 0 Å². The molecule has 5 rings (SSSR count). The Kier molecular flexibility index (Phi) is 3.21. The van der Waals surface area contributed by atoms with E-state index in [0.717, 1.165) is 17.1 Å². The monoisotopic (exact) mass is 330 g/mol. The predicted octanol–water partition coefficient (Wildman–Crippen LogP) is 3.62. The van der Waals surface area contributed by atoms with Gasteiger partial charge in [-0.05, 0) is 35.4 Å². The first-order chi connectivity index (χ1) is 12.4. The van der Waals surface area contributed by atoms with Crippen molar-refractivity contribution < 1.29 is 9.15 Å². The third-order valence-electron chi connectivity index (χ3n) is 4.28. The van der Waals surface area contributed by atoms with E-state index in [0.29, 0.717) is 24.8 Å². The van der Waals surface area contributed by atoms with E-state index >= 15 is 0 Å². The summed E-state index contributed by atoms with van der Waals surface area (Å²) in [5.74, 6) is 2.00. The SMILES string of the molecule is c1coc(-c2ncc(-c3nccn3-c3ccc4c(c3)COC4)cn2)c1. The summed E-state index contributed by atoms with van der Waals surface area (Å²) in [6, 6.07) is 9.99. The van der Waals surface area contributed by atoms with E-state index in [-0.39, 0.29) is 0 Å². The molecule has 0 bridgehead atoms. The molecule has 0 spiro atoms. The molecule has 0 saturated heterocycles. The van der Waals surface area contributed by atoms with Crippen LogP contribution >= 0.6 is 0 Å². The summed E-state index contributed by atoms with van der Waals surface area (Å²) >= 11 is 0. The second-order valence-corrected chi connectivity index (χ2v) is 5.84. The number of ether oxygens (including phenoxy) is 1. The van der Waals surface area contributed by atoms with Crippen LogP contribution in [0.25, 0.3) is 28.7 Å². The highest BCUT2D eigenvalue weighted by molar-refractivity contribution is 5.59. The van der Waals surface area contributed by atoms with Gasteiger partial charge in [0.1, 0.15) is 5.82 Å². The number of nitrogens with zero attached hydrogens (tertiary/aromatic N) is 4. The molecule has 1 aliphatic rings. The molecule has 0 radical (unpaired) electrons. The van der Waals surface area contributed by atoms with E-state index in [2.05, 4.69) is 33.2 Å². The van der Waals surface area contributed by atoms with Gasteiger partial charge < -0.3 is 9.15 Å². The number of fused-ring (bicyclic) bond motifs is 1. The molecule has 6 heteroatoms. The van der Waals surface area contributed by atoms with Crippen LogP contribution < -0.4 is 0 Å². The molecular weight excluding hydrogens is 316 g/mol. The van der Waals surface area contributed by atoms with Crippen molar-refractivity contribution in [1.29, 1.82) is 0 Å². The Balaban J connectivity index is 1.53. The molecule has 0 amide bonds. The van der Waals surface area contributed by atoms with Crippen LogP contribution in [0.5, 0.6) is 0 Å². The van der Waals surface area contributed by atoms with E-state index in [9.17, 15) is 0 Å². The maximum atomic E-state index is 5.50.